The van der Waals surface area contributed by atoms with E-state index in [1.165, 1.54) is 18.5 Å². The number of carbonyl (C=O) groups excluding carboxylic acids is 1. The maximum absolute atomic E-state index is 12.3. The number of hydrogen-bond donors (Lipinski definition) is 3. The molecule has 0 radical (unpaired) electrons. The van der Waals surface area contributed by atoms with Crippen molar-refractivity contribution in [2.75, 3.05) is 26.2 Å². The molecule has 36 heavy (non-hydrogen) atoms. The highest BCUT2D eigenvalue weighted by atomic mass is 35.5. The Morgan fingerprint density at radius 1 is 1.03 bits per heavy atom. The van der Waals surface area contributed by atoms with Crippen LogP contribution in [0.15, 0.2) is 54.6 Å². The summed E-state index contributed by atoms with van der Waals surface area (Å²) in [7, 11) is 0. The van der Waals surface area contributed by atoms with Crippen LogP contribution >= 0.6 is 24.8 Å². The van der Waals surface area contributed by atoms with Crippen molar-refractivity contribution in [1.29, 1.82) is 0 Å². The number of nitrogens with zero attached hydrogens (tertiary/aromatic N) is 2. The predicted octanol–water partition coefficient (Wildman–Crippen LogP) is 4.74. The molecule has 3 atom stereocenters. The summed E-state index contributed by atoms with van der Waals surface area (Å²) in [4.78, 5) is 22.9. The first-order valence-corrected chi connectivity index (χ1v) is 12.9. The molecule has 2 fully saturated rings. The number of carbonyl (C=O) groups is 1. The van der Waals surface area contributed by atoms with Gasteiger partial charge in [0.05, 0.1) is 11.0 Å². The summed E-state index contributed by atoms with van der Waals surface area (Å²) in [6, 6.07) is 19.4. The van der Waals surface area contributed by atoms with Crippen LogP contribution in [0.4, 0.5) is 0 Å². The van der Waals surface area contributed by atoms with Crippen LogP contribution in [-0.2, 0) is 17.8 Å². The number of aryl methyl sites for hydroxylation is 1. The van der Waals surface area contributed by atoms with Crippen molar-refractivity contribution in [1.82, 2.24) is 25.5 Å². The average molecular weight is 533 g/mol. The van der Waals surface area contributed by atoms with Gasteiger partial charge in [-0.2, -0.15) is 0 Å². The van der Waals surface area contributed by atoms with Gasteiger partial charge in [0, 0.05) is 45.1 Å². The number of H-pyrrole nitrogens is 1. The molecule has 3 heterocycles. The van der Waals surface area contributed by atoms with Crippen molar-refractivity contribution >= 4 is 41.8 Å². The van der Waals surface area contributed by atoms with Gasteiger partial charge in [-0.25, -0.2) is 4.98 Å². The first-order valence-electron chi connectivity index (χ1n) is 12.9. The van der Waals surface area contributed by atoms with Crippen LogP contribution in [0.3, 0.4) is 0 Å². The molecule has 5 rings (SSSR count). The highest BCUT2D eigenvalue weighted by Crippen LogP contribution is 2.31. The predicted molar refractivity (Wildman–Crippen MR) is 151 cm³/mol. The highest BCUT2D eigenvalue weighted by molar-refractivity contribution is 5.85. The second kappa shape index (κ2) is 14.0. The Bertz CT molecular complexity index is 1040. The van der Waals surface area contributed by atoms with Gasteiger partial charge in [0.15, 0.2) is 0 Å². The van der Waals surface area contributed by atoms with E-state index in [4.69, 9.17) is 0 Å². The summed E-state index contributed by atoms with van der Waals surface area (Å²) < 4.78 is 0. The normalized spacial score (nSPS) is 21.4. The summed E-state index contributed by atoms with van der Waals surface area (Å²) in [5.74, 6) is 2.62. The van der Waals surface area contributed by atoms with Gasteiger partial charge in [-0.1, -0.05) is 42.5 Å². The summed E-state index contributed by atoms with van der Waals surface area (Å²) in [5, 5.41) is 6.88. The van der Waals surface area contributed by atoms with Crippen molar-refractivity contribution in [3.63, 3.8) is 0 Å². The molecule has 6 nitrogen and oxygen atoms in total. The smallest absolute Gasteiger partial charge is 0.219 e. The number of aromatic amines is 1. The van der Waals surface area contributed by atoms with Gasteiger partial charge in [-0.05, 0) is 61.8 Å². The van der Waals surface area contributed by atoms with Crippen molar-refractivity contribution in [2.24, 2.45) is 11.8 Å². The Labute approximate surface area is 226 Å². The zero-order valence-corrected chi connectivity index (χ0v) is 22.5. The number of amides is 1. The van der Waals surface area contributed by atoms with Crippen LogP contribution in [-0.4, -0.2) is 53.0 Å². The topological polar surface area (TPSA) is 73.1 Å². The van der Waals surface area contributed by atoms with Crippen LogP contribution in [0.1, 0.15) is 43.5 Å². The molecule has 2 aromatic carbocycles. The standard InChI is InChI=1S/C28H37N5O.2ClH/c34-28(29-15-7-13-27-31-25-10-4-5-11-26(25)32-27)14-6-12-24-23-16-22(17-30-24)19-33(20-23)18-21-8-2-1-3-9-21;;/h1-5,8-11,22-24,30H,6-7,12-20H2,(H,29,34)(H,31,32);2*1H/t22?,23?,24-;;/m1../s1. The number of aromatic nitrogens is 2. The molecular weight excluding hydrogens is 493 g/mol. The van der Waals surface area contributed by atoms with E-state index >= 15 is 0 Å². The number of para-hydroxylation sites is 2. The Hall–Kier alpha value is -2.12. The molecule has 2 bridgehead atoms. The summed E-state index contributed by atoms with van der Waals surface area (Å²) in [5.41, 5.74) is 3.49. The fourth-order valence-electron chi connectivity index (χ4n) is 5.76. The van der Waals surface area contributed by atoms with Crippen LogP contribution in [0.5, 0.6) is 0 Å². The Morgan fingerprint density at radius 2 is 1.83 bits per heavy atom. The Balaban J connectivity index is 0.00000180. The molecule has 1 amide bonds. The maximum atomic E-state index is 12.3. The number of fused-ring (bicyclic) bond motifs is 3. The molecule has 3 N–H and O–H groups in total. The van der Waals surface area contributed by atoms with Crippen molar-refractivity contribution in [3.8, 4) is 0 Å². The third-order valence-corrected chi connectivity index (χ3v) is 7.40. The first kappa shape index (κ1) is 28.5. The molecule has 0 aliphatic carbocycles. The van der Waals surface area contributed by atoms with Crippen molar-refractivity contribution in [2.45, 2.75) is 51.1 Å². The number of nitrogens with one attached hydrogen (secondary N) is 3. The van der Waals surface area contributed by atoms with E-state index in [0.717, 1.165) is 68.1 Å². The molecule has 2 unspecified atom stereocenters. The van der Waals surface area contributed by atoms with E-state index in [9.17, 15) is 4.79 Å². The minimum absolute atomic E-state index is 0. The summed E-state index contributed by atoms with van der Waals surface area (Å²) in [6.07, 6.45) is 5.74. The van der Waals surface area contributed by atoms with E-state index in [1.807, 2.05) is 24.3 Å². The second-order valence-corrected chi connectivity index (χ2v) is 10.1. The SMILES string of the molecule is Cl.Cl.O=C(CCC[C@H]1NCC2CC1CN(Cc1ccccc1)C2)NCCCc1nc2ccccc2[nH]1. The quantitative estimate of drug-likeness (QED) is 0.330. The van der Waals surface area contributed by atoms with Crippen molar-refractivity contribution < 1.29 is 4.79 Å². The highest BCUT2D eigenvalue weighted by Gasteiger charge is 2.36. The number of piperidine rings is 2. The van der Waals surface area contributed by atoms with E-state index in [1.54, 1.807) is 0 Å². The molecule has 8 heteroatoms. The van der Waals surface area contributed by atoms with E-state index < -0.39 is 0 Å². The van der Waals surface area contributed by atoms with Gasteiger partial charge >= 0.3 is 0 Å². The number of likely N-dealkylation sites (tertiary alicyclic amines) is 1. The van der Waals surface area contributed by atoms with Gasteiger partial charge < -0.3 is 15.6 Å². The molecule has 3 aromatic rings. The second-order valence-electron chi connectivity index (χ2n) is 10.1. The van der Waals surface area contributed by atoms with Crippen LogP contribution in [0, 0.1) is 11.8 Å². The minimum atomic E-state index is 0. The lowest BCUT2D eigenvalue weighted by atomic mass is 9.79. The zero-order chi connectivity index (χ0) is 23.2. The van der Waals surface area contributed by atoms with Crippen molar-refractivity contribution in [3.05, 3.63) is 66.0 Å². The van der Waals surface area contributed by atoms with Crippen LogP contribution in [0.2, 0.25) is 0 Å². The number of benzene rings is 2. The van der Waals surface area contributed by atoms with Gasteiger partial charge in [-0.15, -0.1) is 24.8 Å². The zero-order valence-electron chi connectivity index (χ0n) is 20.8. The molecule has 1 aromatic heterocycles. The lowest BCUT2D eigenvalue weighted by Gasteiger charge is -2.46. The molecular formula is C28H39Cl2N5O. The third-order valence-electron chi connectivity index (χ3n) is 7.40. The molecule has 2 aliphatic heterocycles. The summed E-state index contributed by atoms with van der Waals surface area (Å²) in [6.45, 7) is 5.23. The molecule has 0 saturated carbocycles. The van der Waals surface area contributed by atoms with E-state index in [0.29, 0.717) is 24.9 Å². The number of hydrogen-bond acceptors (Lipinski definition) is 4. The first-order chi connectivity index (χ1) is 16.7. The maximum Gasteiger partial charge on any atom is 0.219 e. The van der Waals surface area contributed by atoms with Gasteiger partial charge in [0.25, 0.3) is 0 Å². The van der Waals surface area contributed by atoms with E-state index in [2.05, 4.69) is 55.8 Å². The summed E-state index contributed by atoms with van der Waals surface area (Å²) >= 11 is 0. The molecule has 2 aliphatic rings. The monoisotopic (exact) mass is 531 g/mol. The Morgan fingerprint density at radius 3 is 2.67 bits per heavy atom. The van der Waals surface area contributed by atoms with Gasteiger partial charge in [0.1, 0.15) is 5.82 Å². The largest absolute Gasteiger partial charge is 0.356 e. The number of rotatable bonds is 10. The fourth-order valence-corrected chi connectivity index (χ4v) is 5.76. The minimum Gasteiger partial charge on any atom is -0.356 e. The number of imidazole rings is 1. The molecule has 196 valence electrons. The molecule has 0 spiro atoms. The Kier molecular flexibility index (Phi) is 11.1. The fraction of sp³-hybridized carbons (Fsp3) is 0.500. The third kappa shape index (κ3) is 7.69. The van der Waals surface area contributed by atoms with E-state index in [-0.39, 0.29) is 30.7 Å². The molecule has 2 saturated heterocycles. The van der Waals surface area contributed by atoms with Crippen LogP contribution in [0.25, 0.3) is 11.0 Å². The number of halogens is 2. The van der Waals surface area contributed by atoms with Gasteiger partial charge in [-0.3, -0.25) is 9.69 Å². The lowest BCUT2D eigenvalue weighted by molar-refractivity contribution is -0.121. The van der Waals surface area contributed by atoms with Gasteiger partial charge in [0.2, 0.25) is 5.91 Å². The average Bonchev–Trinajstić information content (AvgIpc) is 3.27. The van der Waals surface area contributed by atoms with Crippen LogP contribution < -0.4 is 10.6 Å². The lowest BCUT2D eigenvalue weighted by Crippen LogP contribution is -2.55.